The maximum atomic E-state index is 9.52. The van der Waals surface area contributed by atoms with Crippen LogP contribution in [-0.2, 0) is 0 Å². The van der Waals surface area contributed by atoms with Crippen molar-refractivity contribution in [1.29, 1.82) is 0 Å². The molecule has 19 heavy (non-hydrogen) atoms. The Kier molecular flexibility index (Phi) is 3.10. The average Bonchev–Trinajstić information content (AvgIpc) is 2.87. The minimum Gasteiger partial charge on any atom is -0.394 e. The molecule has 1 unspecified atom stereocenters. The number of nitrogens with zero attached hydrogens (tertiary/aromatic N) is 1. The molecule has 0 radical (unpaired) electrons. The van der Waals surface area contributed by atoms with E-state index < -0.39 is 0 Å². The fraction of sp³-hybridized carbons (Fsp3) is 0.176. The number of rotatable bonds is 3. The van der Waals surface area contributed by atoms with E-state index in [2.05, 4.69) is 34.9 Å². The molecule has 0 saturated heterocycles. The first-order chi connectivity index (χ1) is 9.31. The van der Waals surface area contributed by atoms with Gasteiger partial charge in [-0.3, -0.25) is 0 Å². The van der Waals surface area contributed by atoms with Gasteiger partial charge in [0, 0.05) is 16.6 Å². The molecule has 96 valence electrons. The number of hydrogen-bond donors (Lipinski definition) is 1. The maximum Gasteiger partial charge on any atom is 0.0636 e. The zero-order valence-electron chi connectivity index (χ0n) is 11.0. The number of aliphatic hydroxyl groups is 1. The van der Waals surface area contributed by atoms with Gasteiger partial charge < -0.3 is 9.67 Å². The first kappa shape index (κ1) is 12.0. The molecule has 1 N–H and O–H groups in total. The van der Waals surface area contributed by atoms with E-state index in [1.807, 2.05) is 37.3 Å². The van der Waals surface area contributed by atoms with Crippen LogP contribution < -0.4 is 0 Å². The van der Waals surface area contributed by atoms with Crippen LogP contribution in [0.3, 0.4) is 0 Å². The van der Waals surface area contributed by atoms with Gasteiger partial charge in [-0.25, -0.2) is 0 Å². The normalized spacial score (nSPS) is 12.7. The molecule has 0 saturated carbocycles. The van der Waals surface area contributed by atoms with E-state index in [9.17, 15) is 5.11 Å². The van der Waals surface area contributed by atoms with Gasteiger partial charge in [0.25, 0.3) is 0 Å². The molecule has 1 heterocycles. The lowest BCUT2D eigenvalue weighted by atomic mass is 10.1. The van der Waals surface area contributed by atoms with Crippen molar-refractivity contribution in [1.82, 2.24) is 4.57 Å². The molecule has 0 aliphatic carbocycles. The molecule has 1 atom stereocenters. The molecule has 0 amide bonds. The largest absolute Gasteiger partial charge is 0.394 e. The summed E-state index contributed by atoms with van der Waals surface area (Å²) in [6.07, 6.45) is 0. The van der Waals surface area contributed by atoms with E-state index in [1.54, 1.807) is 0 Å². The third-order valence-corrected chi connectivity index (χ3v) is 3.52. The molecule has 0 spiro atoms. The van der Waals surface area contributed by atoms with E-state index in [-0.39, 0.29) is 12.6 Å². The van der Waals surface area contributed by atoms with E-state index in [0.717, 1.165) is 5.69 Å². The van der Waals surface area contributed by atoms with Gasteiger partial charge in [-0.2, -0.15) is 0 Å². The van der Waals surface area contributed by atoms with Crippen LogP contribution in [-0.4, -0.2) is 16.3 Å². The van der Waals surface area contributed by atoms with Gasteiger partial charge in [-0.1, -0.05) is 48.5 Å². The first-order valence-electron chi connectivity index (χ1n) is 6.57. The van der Waals surface area contributed by atoms with Crippen LogP contribution in [0.4, 0.5) is 0 Å². The molecular formula is C17H17NO. The Morgan fingerprint density at radius 3 is 2.42 bits per heavy atom. The lowest BCUT2D eigenvalue weighted by Gasteiger charge is -2.16. The summed E-state index contributed by atoms with van der Waals surface area (Å²) in [7, 11) is 0. The lowest BCUT2D eigenvalue weighted by Crippen LogP contribution is -2.10. The van der Waals surface area contributed by atoms with Crippen molar-refractivity contribution in [3.63, 3.8) is 0 Å². The van der Waals surface area contributed by atoms with Crippen molar-refractivity contribution in [3.05, 3.63) is 60.7 Å². The maximum absolute atomic E-state index is 9.52. The second kappa shape index (κ2) is 4.90. The van der Waals surface area contributed by atoms with Gasteiger partial charge in [0.05, 0.1) is 12.6 Å². The highest BCUT2D eigenvalue weighted by atomic mass is 16.3. The summed E-state index contributed by atoms with van der Waals surface area (Å²) < 4.78 is 2.21. The molecule has 2 heteroatoms. The second-order valence-corrected chi connectivity index (χ2v) is 4.86. The minimum absolute atomic E-state index is 0.0649. The second-order valence-electron chi connectivity index (χ2n) is 4.86. The van der Waals surface area contributed by atoms with E-state index in [1.165, 1.54) is 16.5 Å². The highest BCUT2D eigenvalue weighted by molar-refractivity contribution is 5.87. The molecule has 0 aliphatic heterocycles. The van der Waals surface area contributed by atoms with E-state index in [0.29, 0.717) is 0 Å². The van der Waals surface area contributed by atoms with Gasteiger partial charge in [-0.15, -0.1) is 0 Å². The number of aliphatic hydroxyl groups excluding tert-OH is 1. The predicted octanol–water partition coefficient (Wildman–Crippen LogP) is 3.86. The Morgan fingerprint density at radius 2 is 1.68 bits per heavy atom. The summed E-state index contributed by atoms with van der Waals surface area (Å²) in [6, 6.07) is 20.9. The van der Waals surface area contributed by atoms with Crippen LogP contribution in [0.2, 0.25) is 0 Å². The predicted molar refractivity (Wildman–Crippen MR) is 79.2 cm³/mol. The number of hydrogen-bond acceptors (Lipinski definition) is 1. The third-order valence-electron chi connectivity index (χ3n) is 3.52. The molecule has 1 aromatic heterocycles. The third kappa shape index (κ3) is 2.04. The summed E-state index contributed by atoms with van der Waals surface area (Å²) in [6.45, 7) is 2.18. The van der Waals surface area contributed by atoms with Crippen molar-refractivity contribution < 1.29 is 5.11 Å². The zero-order valence-corrected chi connectivity index (χ0v) is 11.0. The van der Waals surface area contributed by atoms with Crippen LogP contribution >= 0.6 is 0 Å². The Hall–Kier alpha value is -2.06. The van der Waals surface area contributed by atoms with Gasteiger partial charge in [-0.05, 0) is 24.6 Å². The molecule has 0 fully saturated rings. The summed E-state index contributed by atoms with van der Waals surface area (Å²) >= 11 is 0. The van der Waals surface area contributed by atoms with Crippen LogP contribution in [0.1, 0.15) is 13.0 Å². The van der Waals surface area contributed by atoms with Gasteiger partial charge >= 0.3 is 0 Å². The number of para-hydroxylation sites is 1. The van der Waals surface area contributed by atoms with Gasteiger partial charge in [0.15, 0.2) is 0 Å². The molecular weight excluding hydrogens is 234 g/mol. The summed E-state index contributed by atoms with van der Waals surface area (Å²) in [4.78, 5) is 0. The molecule has 2 aromatic carbocycles. The fourth-order valence-electron chi connectivity index (χ4n) is 2.56. The fourth-order valence-corrected chi connectivity index (χ4v) is 2.56. The highest BCUT2D eigenvalue weighted by Crippen LogP contribution is 2.31. The van der Waals surface area contributed by atoms with Crippen molar-refractivity contribution in [2.24, 2.45) is 0 Å². The standard InChI is InChI=1S/C17H17NO/c1-13(12-19)18-16-10-6-5-9-15(16)11-17(18)14-7-3-2-4-8-14/h2-11,13,19H,12H2,1H3. The molecule has 0 bridgehead atoms. The van der Waals surface area contributed by atoms with E-state index in [4.69, 9.17) is 0 Å². The SMILES string of the molecule is CC(CO)n1c(-c2ccccc2)cc2ccccc21. The Balaban J connectivity index is 2.29. The Morgan fingerprint density at radius 1 is 1.00 bits per heavy atom. The number of aromatic nitrogens is 1. The molecule has 3 aromatic rings. The topological polar surface area (TPSA) is 25.2 Å². The molecule has 3 rings (SSSR count). The quantitative estimate of drug-likeness (QED) is 0.751. The van der Waals surface area contributed by atoms with Crippen LogP contribution in [0.15, 0.2) is 60.7 Å². The Labute approximate surface area is 112 Å². The zero-order chi connectivity index (χ0) is 13.2. The Bertz CT molecular complexity index is 685. The number of benzene rings is 2. The highest BCUT2D eigenvalue weighted by Gasteiger charge is 2.14. The molecule has 0 aliphatic rings. The number of fused-ring (bicyclic) bond motifs is 1. The minimum atomic E-state index is 0.0649. The van der Waals surface area contributed by atoms with Crippen molar-refractivity contribution in [2.45, 2.75) is 13.0 Å². The molecule has 2 nitrogen and oxygen atoms in total. The summed E-state index contributed by atoms with van der Waals surface area (Å²) in [5, 5.41) is 10.7. The van der Waals surface area contributed by atoms with Crippen LogP contribution in [0.5, 0.6) is 0 Å². The smallest absolute Gasteiger partial charge is 0.0636 e. The van der Waals surface area contributed by atoms with Crippen LogP contribution in [0, 0.1) is 0 Å². The van der Waals surface area contributed by atoms with Crippen LogP contribution in [0.25, 0.3) is 22.2 Å². The summed E-state index contributed by atoms with van der Waals surface area (Å²) in [5.41, 5.74) is 3.50. The lowest BCUT2D eigenvalue weighted by molar-refractivity contribution is 0.242. The van der Waals surface area contributed by atoms with E-state index >= 15 is 0 Å². The van der Waals surface area contributed by atoms with Gasteiger partial charge in [0.2, 0.25) is 0 Å². The summed E-state index contributed by atoms with van der Waals surface area (Å²) in [5.74, 6) is 0. The first-order valence-corrected chi connectivity index (χ1v) is 6.57. The van der Waals surface area contributed by atoms with Crippen molar-refractivity contribution in [3.8, 4) is 11.3 Å². The monoisotopic (exact) mass is 251 g/mol. The van der Waals surface area contributed by atoms with Crippen molar-refractivity contribution in [2.75, 3.05) is 6.61 Å². The van der Waals surface area contributed by atoms with Gasteiger partial charge in [0.1, 0.15) is 0 Å². The van der Waals surface area contributed by atoms with Crippen molar-refractivity contribution >= 4 is 10.9 Å². The average molecular weight is 251 g/mol.